The van der Waals surface area contributed by atoms with Crippen LogP contribution in [0.4, 0.5) is 0 Å². The monoisotopic (exact) mass is 229 g/mol. The van der Waals surface area contributed by atoms with Gasteiger partial charge in [0.1, 0.15) is 11.3 Å². The molecule has 88 valence electrons. The van der Waals surface area contributed by atoms with Crippen molar-refractivity contribution in [1.82, 2.24) is 4.98 Å². The van der Waals surface area contributed by atoms with E-state index in [2.05, 4.69) is 17.1 Å². The number of fused-ring (bicyclic) bond motifs is 1. The largest absolute Gasteiger partial charge is 0.443 e. The van der Waals surface area contributed by atoms with Crippen LogP contribution in [0.3, 0.4) is 0 Å². The maximum absolute atomic E-state index is 11.2. The Hall–Kier alpha value is -1.64. The second-order valence-corrected chi connectivity index (χ2v) is 4.84. The van der Waals surface area contributed by atoms with Crippen LogP contribution in [-0.4, -0.2) is 10.8 Å². The molecule has 2 aromatic rings. The Kier molecular flexibility index (Phi) is 2.67. The fraction of sp³-hybridized carbons (Fsp3) is 0.429. The smallest absolute Gasteiger partial charge is 0.181 e. The molecule has 3 rings (SSSR count). The van der Waals surface area contributed by atoms with Crippen molar-refractivity contribution >= 4 is 16.9 Å². The van der Waals surface area contributed by atoms with Crippen LogP contribution in [0.15, 0.2) is 29.0 Å². The van der Waals surface area contributed by atoms with Gasteiger partial charge in [-0.05, 0) is 42.9 Å². The van der Waals surface area contributed by atoms with Gasteiger partial charge in [-0.3, -0.25) is 4.79 Å². The lowest BCUT2D eigenvalue weighted by atomic mass is 9.84. The predicted molar refractivity (Wildman–Crippen MR) is 64.7 cm³/mol. The lowest BCUT2D eigenvalue weighted by molar-refractivity contribution is -0.121. The molecule has 0 radical (unpaired) electrons. The molecule has 3 heteroatoms. The van der Waals surface area contributed by atoms with Gasteiger partial charge in [-0.2, -0.15) is 0 Å². The summed E-state index contributed by atoms with van der Waals surface area (Å²) in [7, 11) is 0. The zero-order valence-electron chi connectivity index (χ0n) is 9.69. The molecule has 0 bridgehead atoms. The molecule has 17 heavy (non-hydrogen) atoms. The van der Waals surface area contributed by atoms with E-state index < -0.39 is 0 Å². The van der Waals surface area contributed by atoms with Gasteiger partial charge in [0.15, 0.2) is 12.0 Å². The summed E-state index contributed by atoms with van der Waals surface area (Å²) in [4.78, 5) is 15.3. The first-order chi connectivity index (χ1) is 8.31. The molecule has 1 aromatic heterocycles. The lowest BCUT2D eigenvalue weighted by Crippen LogP contribution is -2.15. The molecule has 0 amide bonds. The number of nitrogens with zero attached hydrogens (tertiary/aromatic N) is 1. The van der Waals surface area contributed by atoms with Crippen LogP contribution in [-0.2, 0) is 11.2 Å². The van der Waals surface area contributed by atoms with E-state index in [-0.39, 0.29) is 0 Å². The minimum Gasteiger partial charge on any atom is -0.443 e. The summed E-state index contributed by atoms with van der Waals surface area (Å²) < 4.78 is 5.30. The highest BCUT2D eigenvalue weighted by atomic mass is 16.3. The topological polar surface area (TPSA) is 43.1 Å². The van der Waals surface area contributed by atoms with Crippen LogP contribution in [0.2, 0.25) is 0 Å². The van der Waals surface area contributed by atoms with E-state index in [1.165, 1.54) is 12.0 Å². The second kappa shape index (κ2) is 4.32. The SMILES string of the molecule is O=C1CCC(Cc2ccc3ncoc3c2)CC1. The number of rotatable bonds is 2. The minimum atomic E-state index is 0.423. The first-order valence-corrected chi connectivity index (χ1v) is 6.15. The van der Waals surface area contributed by atoms with Crippen LogP contribution in [0.1, 0.15) is 31.2 Å². The van der Waals surface area contributed by atoms with E-state index >= 15 is 0 Å². The first-order valence-electron chi connectivity index (χ1n) is 6.15. The second-order valence-electron chi connectivity index (χ2n) is 4.84. The van der Waals surface area contributed by atoms with Crippen molar-refractivity contribution in [2.75, 3.05) is 0 Å². The predicted octanol–water partition coefficient (Wildman–Crippen LogP) is 3.13. The Labute approximate surface area is 99.8 Å². The molecule has 0 unspecified atom stereocenters. The van der Waals surface area contributed by atoms with E-state index in [0.29, 0.717) is 11.7 Å². The Morgan fingerprint density at radius 1 is 1.29 bits per heavy atom. The summed E-state index contributed by atoms with van der Waals surface area (Å²) >= 11 is 0. The molecule has 3 nitrogen and oxygen atoms in total. The molecule has 1 heterocycles. The number of oxazole rings is 1. The van der Waals surface area contributed by atoms with Gasteiger partial charge >= 0.3 is 0 Å². The maximum Gasteiger partial charge on any atom is 0.181 e. The van der Waals surface area contributed by atoms with Crippen molar-refractivity contribution in [3.63, 3.8) is 0 Å². The molecule has 1 aromatic carbocycles. The van der Waals surface area contributed by atoms with Crippen molar-refractivity contribution in [3.8, 4) is 0 Å². The van der Waals surface area contributed by atoms with Crippen LogP contribution < -0.4 is 0 Å². The molecule has 0 saturated heterocycles. The molecule has 0 spiro atoms. The Balaban J connectivity index is 1.73. The van der Waals surface area contributed by atoms with Gasteiger partial charge in [0.25, 0.3) is 0 Å². The summed E-state index contributed by atoms with van der Waals surface area (Å²) in [5, 5.41) is 0. The van der Waals surface area contributed by atoms with E-state index in [4.69, 9.17) is 4.42 Å². The normalized spacial score (nSPS) is 17.8. The van der Waals surface area contributed by atoms with Crippen LogP contribution in [0, 0.1) is 5.92 Å². The van der Waals surface area contributed by atoms with Crippen LogP contribution in [0.5, 0.6) is 0 Å². The van der Waals surface area contributed by atoms with E-state index in [9.17, 15) is 4.79 Å². The first kappa shape index (κ1) is 10.5. The Morgan fingerprint density at radius 3 is 2.94 bits per heavy atom. The molecular formula is C14H15NO2. The number of hydrogen-bond acceptors (Lipinski definition) is 3. The fourth-order valence-corrected chi connectivity index (χ4v) is 2.56. The van der Waals surface area contributed by atoms with Crippen molar-refractivity contribution < 1.29 is 9.21 Å². The molecule has 1 aliphatic carbocycles. The standard InChI is InChI=1S/C14H15NO2/c16-12-4-1-10(2-5-12)7-11-3-6-13-14(8-11)17-9-15-13/h3,6,8-10H,1-2,4-5,7H2. The lowest BCUT2D eigenvalue weighted by Gasteiger charge is -2.20. The average molecular weight is 229 g/mol. The van der Waals surface area contributed by atoms with E-state index in [1.807, 2.05) is 6.07 Å². The van der Waals surface area contributed by atoms with Crippen molar-refractivity contribution in [1.29, 1.82) is 0 Å². The Morgan fingerprint density at radius 2 is 2.12 bits per heavy atom. The summed E-state index contributed by atoms with van der Waals surface area (Å²) in [6.07, 6.45) is 6.11. The van der Waals surface area contributed by atoms with E-state index in [1.54, 1.807) is 0 Å². The number of carbonyl (C=O) groups excluding carboxylic acids is 1. The molecular weight excluding hydrogens is 214 g/mol. The highest BCUT2D eigenvalue weighted by molar-refractivity contribution is 5.79. The minimum absolute atomic E-state index is 0.423. The van der Waals surface area contributed by atoms with Crippen LogP contribution >= 0.6 is 0 Å². The number of carbonyl (C=O) groups is 1. The molecule has 0 atom stereocenters. The van der Waals surface area contributed by atoms with Crippen molar-refractivity contribution in [2.45, 2.75) is 32.1 Å². The highest BCUT2D eigenvalue weighted by Gasteiger charge is 2.19. The van der Waals surface area contributed by atoms with Crippen molar-refractivity contribution in [2.24, 2.45) is 5.92 Å². The van der Waals surface area contributed by atoms with Gasteiger partial charge in [-0.25, -0.2) is 4.98 Å². The summed E-state index contributed by atoms with van der Waals surface area (Å²) in [5.74, 6) is 1.07. The van der Waals surface area contributed by atoms with Gasteiger partial charge in [0, 0.05) is 12.8 Å². The molecule has 1 aliphatic rings. The molecule has 0 aliphatic heterocycles. The van der Waals surface area contributed by atoms with Gasteiger partial charge < -0.3 is 4.42 Å². The maximum atomic E-state index is 11.2. The zero-order valence-corrected chi connectivity index (χ0v) is 9.69. The quantitative estimate of drug-likeness (QED) is 0.794. The van der Waals surface area contributed by atoms with Gasteiger partial charge in [0.05, 0.1) is 0 Å². The summed E-state index contributed by atoms with van der Waals surface area (Å²) in [6, 6.07) is 6.18. The third-order valence-electron chi connectivity index (χ3n) is 3.58. The van der Waals surface area contributed by atoms with Crippen LogP contribution in [0.25, 0.3) is 11.1 Å². The number of aromatic nitrogens is 1. The summed E-state index contributed by atoms with van der Waals surface area (Å²) in [5.41, 5.74) is 3.05. The third kappa shape index (κ3) is 2.23. The van der Waals surface area contributed by atoms with E-state index in [0.717, 1.165) is 43.2 Å². The summed E-state index contributed by atoms with van der Waals surface area (Å²) in [6.45, 7) is 0. The number of Topliss-reactive ketones (excluding diaryl/α,β-unsaturated/α-hetero) is 1. The third-order valence-corrected chi connectivity index (χ3v) is 3.58. The molecule has 1 fully saturated rings. The fourth-order valence-electron chi connectivity index (χ4n) is 2.56. The van der Waals surface area contributed by atoms with Gasteiger partial charge in [-0.1, -0.05) is 6.07 Å². The Bertz CT molecular complexity index is 534. The number of benzene rings is 1. The van der Waals surface area contributed by atoms with Gasteiger partial charge in [-0.15, -0.1) is 0 Å². The number of hydrogen-bond donors (Lipinski definition) is 0. The number of ketones is 1. The van der Waals surface area contributed by atoms with Gasteiger partial charge in [0.2, 0.25) is 0 Å². The average Bonchev–Trinajstić information content (AvgIpc) is 2.79. The molecule has 0 N–H and O–H groups in total. The zero-order chi connectivity index (χ0) is 11.7. The highest BCUT2D eigenvalue weighted by Crippen LogP contribution is 2.26. The van der Waals surface area contributed by atoms with Crippen molar-refractivity contribution in [3.05, 3.63) is 30.2 Å². The molecule has 1 saturated carbocycles.